The molecule has 0 radical (unpaired) electrons. The Morgan fingerprint density at radius 1 is 1.13 bits per heavy atom. The molecule has 46 heavy (non-hydrogen) atoms. The van der Waals surface area contributed by atoms with E-state index in [4.69, 9.17) is 0 Å². The number of fused-ring (bicyclic) bond motifs is 3. The zero-order chi connectivity index (χ0) is 34.3. The number of allylic oxidation sites excluding steroid dienone is 1. The lowest BCUT2D eigenvalue weighted by molar-refractivity contribution is -0.183. The molecule has 5 rings (SSSR count). The summed E-state index contributed by atoms with van der Waals surface area (Å²) in [5, 5.41) is 26.9. The summed E-state index contributed by atoms with van der Waals surface area (Å²) in [6.45, 7) is 16.0. The quantitative estimate of drug-likeness (QED) is 0.314. The number of nitrogens with zero attached hydrogens (tertiary/aromatic N) is 1. The summed E-state index contributed by atoms with van der Waals surface area (Å²) < 4.78 is 0. The molecular formula is C37H44N2O7. The van der Waals surface area contributed by atoms with E-state index in [1.165, 1.54) is 13.1 Å². The number of hydrogen-bond acceptors (Lipinski definition) is 8. The number of rotatable bonds is 5. The van der Waals surface area contributed by atoms with E-state index >= 15 is 0 Å². The Bertz CT molecular complexity index is 1730. The van der Waals surface area contributed by atoms with E-state index in [9.17, 15) is 34.2 Å². The molecular weight excluding hydrogens is 584 g/mol. The van der Waals surface area contributed by atoms with Crippen molar-refractivity contribution in [2.75, 3.05) is 0 Å². The summed E-state index contributed by atoms with van der Waals surface area (Å²) in [6, 6.07) is 5.11. The van der Waals surface area contributed by atoms with E-state index in [2.05, 4.69) is 10.3 Å². The molecule has 0 aliphatic heterocycles. The summed E-state index contributed by atoms with van der Waals surface area (Å²) >= 11 is 0. The molecule has 244 valence electrons. The van der Waals surface area contributed by atoms with Gasteiger partial charge in [-0.25, -0.2) is 0 Å². The molecule has 3 aliphatic rings. The fraction of sp³-hybridized carbons (Fsp3) is 0.514. The van der Waals surface area contributed by atoms with Crippen LogP contribution >= 0.6 is 0 Å². The number of nitrogens with one attached hydrogen (secondary N) is 1. The lowest BCUT2D eigenvalue weighted by Gasteiger charge is -2.60. The number of ketones is 4. The monoisotopic (exact) mass is 628 g/mol. The minimum Gasteiger partial charge on any atom is -0.507 e. The van der Waals surface area contributed by atoms with E-state index in [1.54, 1.807) is 32.2 Å². The predicted octanol–water partition coefficient (Wildman–Crippen LogP) is 4.85. The molecule has 1 aromatic carbocycles. The first-order chi connectivity index (χ1) is 21.2. The molecule has 0 spiro atoms. The molecule has 1 fully saturated rings. The largest absolute Gasteiger partial charge is 0.507 e. The molecule has 9 nitrogen and oxygen atoms in total. The Morgan fingerprint density at radius 2 is 1.78 bits per heavy atom. The SMILES string of the molecule is CC(=O)C1C(=O)[C@@]2(O)C(=O)C3C(=O)c4c(O)c(C(C)(C)C)cc(CNC(=O)c5cccnc5)c4C[C@@]3(C)C[C@@]2(C)C(C(C)C)=C1C. The van der Waals surface area contributed by atoms with E-state index < -0.39 is 56.8 Å². The second-order valence-electron chi connectivity index (χ2n) is 15.3. The molecule has 5 atom stereocenters. The Balaban J connectivity index is 1.71. The summed E-state index contributed by atoms with van der Waals surface area (Å²) in [5.41, 5.74) is -2.45. The molecule has 1 heterocycles. The van der Waals surface area contributed by atoms with Crippen LogP contribution < -0.4 is 5.32 Å². The van der Waals surface area contributed by atoms with Gasteiger partial charge in [-0.15, -0.1) is 0 Å². The lowest BCUT2D eigenvalue weighted by atomic mass is 9.41. The van der Waals surface area contributed by atoms with Crippen molar-refractivity contribution < 1.29 is 34.2 Å². The van der Waals surface area contributed by atoms with Crippen molar-refractivity contribution in [1.29, 1.82) is 0 Å². The third kappa shape index (κ3) is 4.61. The van der Waals surface area contributed by atoms with Crippen LogP contribution in [0.15, 0.2) is 41.7 Å². The molecule has 3 N–H and O–H groups in total. The highest BCUT2D eigenvalue weighted by Crippen LogP contribution is 2.64. The first-order valence-corrected chi connectivity index (χ1v) is 15.9. The number of phenolic OH excluding ortho intramolecular Hbond substituents is 1. The van der Waals surface area contributed by atoms with E-state index in [0.29, 0.717) is 33.4 Å². The van der Waals surface area contributed by atoms with Crippen molar-refractivity contribution in [3.8, 4) is 5.75 Å². The number of phenols is 1. The summed E-state index contributed by atoms with van der Waals surface area (Å²) in [6.07, 6.45) is 3.32. The summed E-state index contributed by atoms with van der Waals surface area (Å²) in [7, 11) is 0. The van der Waals surface area contributed by atoms with Crippen LogP contribution in [-0.4, -0.2) is 49.8 Å². The maximum atomic E-state index is 14.7. The maximum Gasteiger partial charge on any atom is 0.253 e. The van der Waals surface area contributed by atoms with Crippen LogP contribution in [0.1, 0.15) is 106 Å². The molecule has 2 unspecified atom stereocenters. The molecule has 3 aliphatic carbocycles. The molecule has 1 saturated carbocycles. The van der Waals surface area contributed by atoms with Crippen LogP contribution in [0.4, 0.5) is 0 Å². The van der Waals surface area contributed by atoms with Gasteiger partial charge in [-0.05, 0) is 72.8 Å². The minimum atomic E-state index is -2.60. The van der Waals surface area contributed by atoms with Gasteiger partial charge in [0.1, 0.15) is 17.5 Å². The van der Waals surface area contributed by atoms with Gasteiger partial charge in [0.2, 0.25) is 0 Å². The van der Waals surface area contributed by atoms with Crippen molar-refractivity contribution >= 4 is 29.0 Å². The Morgan fingerprint density at radius 3 is 2.33 bits per heavy atom. The highest BCUT2D eigenvalue weighted by Gasteiger charge is 2.73. The highest BCUT2D eigenvalue weighted by atomic mass is 16.3. The number of amides is 1. The van der Waals surface area contributed by atoms with Gasteiger partial charge in [0.15, 0.2) is 23.0 Å². The fourth-order valence-corrected chi connectivity index (χ4v) is 8.98. The number of pyridine rings is 1. The summed E-state index contributed by atoms with van der Waals surface area (Å²) in [5.74, 6) is -6.48. The number of aromatic hydroxyl groups is 1. The Hall–Kier alpha value is -3.98. The van der Waals surface area contributed by atoms with Crippen LogP contribution in [0.5, 0.6) is 5.75 Å². The molecule has 0 bridgehead atoms. The normalized spacial score (nSPS) is 29.3. The van der Waals surface area contributed by atoms with Gasteiger partial charge in [-0.2, -0.15) is 0 Å². The number of benzene rings is 1. The van der Waals surface area contributed by atoms with Crippen LogP contribution in [0.25, 0.3) is 0 Å². The van der Waals surface area contributed by atoms with Crippen LogP contribution in [-0.2, 0) is 32.8 Å². The number of Topliss-reactive ketones (excluding diaryl/α,β-unsaturated/α-hetero) is 4. The second kappa shape index (κ2) is 10.8. The van der Waals surface area contributed by atoms with Gasteiger partial charge >= 0.3 is 0 Å². The average molecular weight is 629 g/mol. The van der Waals surface area contributed by atoms with Gasteiger partial charge in [0.25, 0.3) is 5.91 Å². The van der Waals surface area contributed by atoms with Gasteiger partial charge in [-0.3, -0.25) is 29.0 Å². The third-order valence-electron chi connectivity index (χ3n) is 10.7. The summed E-state index contributed by atoms with van der Waals surface area (Å²) in [4.78, 5) is 73.2. The maximum absolute atomic E-state index is 14.7. The molecule has 9 heteroatoms. The molecule has 2 aromatic rings. The number of aromatic nitrogens is 1. The van der Waals surface area contributed by atoms with Crippen LogP contribution in [0.3, 0.4) is 0 Å². The fourth-order valence-electron chi connectivity index (χ4n) is 8.98. The van der Waals surface area contributed by atoms with E-state index in [1.807, 2.05) is 47.6 Å². The van der Waals surface area contributed by atoms with Gasteiger partial charge in [0.05, 0.1) is 17.0 Å². The van der Waals surface area contributed by atoms with Crippen molar-refractivity contribution in [2.45, 2.75) is 92.7 Å². The van der Waals surface area contributed by atoms with E-state index in [-0.39, 0.29) is 42.5 Å². The molecule has 0 saturated heterocycles. The highest BCUT2D eigenvalue weighted by molar-refractivity contribution is 6.27. The zero-order valence-electron chi connectivity index (χ0n) is 28.1. The van der Waals surface area contributed by atoms with Gasteiger partial charge in [-0.1, -0.05) is 59.6 Å². The number of carbonyl (C=O) groups is 5. The number of aliphatic hydroxyl groups is 1. The third-order valence-corrected chi connectivity index (χ3v) is 10.7. The number of hydrogen-bond donors (Lipinski definition) is 3. The smallest absolute Gasteiger partial charge is 0.253 e. The first-order valence-electron chi connectivity index (χ1n) is 15.9. The minimum absolute atomic E-state index is 0.0248. The van der Waals surface area contributed by atoms with Crippen LogP contribution in [0, 0.1) is 28.6 Å². The number of carbonyl (C=O) groups excluding carboxylic acids is 5. The van der Waals surface area contributed by atoms with Crippen molar-refractivity contribution in [1.82, 2.24) is 10.3 Å². The predicted molar refractivity (Wildman–Crippen MR) is 171 cm³/mol. The standard InChI is InChI=1S/C37H44N2O7/c1-18(2)27-19(3)25(20(4)40)31(43)37(46)32(44)28-30(42)26-23(14-35(28,8)17-36(27,37)9)22(13-24(29(26)41)34(5,6)7)16-39-33(45)21-11-10-12-38-15-21/h10-13,15,18,25,28,41,46H,14,16-17H2,1-9H3,(H,39,45)/t25?,28?,35-,36-,37+/m0/s1. The molecule has 1 amide bonds. The Kier molecular flexibility index (Phi) is 7.83. The first kappa shape index (κ1) is 33.4. The second-order valence-corrected chi connectivity index (χ2v) is 15.3. The zero-order valence-corrected chi connectivity index (χ0v) is 28.1. The van der Waals surface area contributed by atoms with Crippen molar-refractivity contribution in [3.63, 3.8) is 0 Å². The lowest BCUT2D eigenvalue weighted by Crippen LogP contribution is -2.73. The molecule has 1 aromatic heterocycles. The van der Waals surface area contributed by atoms with Crippen LogP contribution in [0.2, 0.25) is 0 Å². The van der Waals surface area contributed by atoms with E-state index in [0.717, 1.165) is 0 Å². The van der Waals surface area contributed by atoms with Crippen molar-refractivity contribution in [3.05, 3.63) is 69.6 Å². The van der Waals surface area contributed by atoms with Crippen molar-refractivity contribution in [2.24, 2.45) is 28.6 Å². The topological polar surface area (TPSA) is 151 Å². The van der Waals surface area contributed by atoms with Gasteiger partial charge < -0.3 is 15.5 Å². The Labute approximate surface area is 269 Å². The average Bonchev–Trinajstić information content (AvgIpc) is 2.93. The van der Waals surface area contributed by atoms with Gasteiger partial charge in [0, 0.05) is 29.9 Å².